The van der Waals surface area contributed by atoms with Crippen molar-refractivity contribution < 1.29 is 5.11 Å². The second-order valence-corrected chi connectivity index (χ2v) is 5.51. The van der Waals surface area contributed by atoms with Gasteiger partial charge in [-0.1, -0.05) is 37.1 Å². The maximum Gasteiger partial charge on any atom is 0.0897 e. The first kappa shape index (κ1) is 11.9. The summed E-state index contributed by atoms with van der Waals surface area (Å²) in [5.41, 5.74) is 0.324. The smallest absolute Gasteiger partial charge is 0.0897 e. The third kappa shape index (κ3) is 2.58. The van der Waals surface area contributed by atoms with Crippen LogP contribution in [0.1, 0.15) is 44.6 Å². The molecule has 2 atom stereocenters. The summed E-state index contributed by atoms with van der Waals surface area (Å²) in [5.74, 6) is 0.730. The molecule has 1 saturated carbocycles. The highest BCUT2D eigenvalue weighted by Gasteiger charge is 2.31. The SMILES string of the molecule is CC1CCCC(O)(c2cccc(Cl)c2)CC1. The second-order valence-electron chi connectivity index (χ2n) is 5.08. The van der Waals surface area contributed by atoms with E-state index < -0.39 is 5.60 Å². The summed E-state index contributed by atoms with van der Waals surface area (Å²) in [6.07, 6.45) is 5.14. The summed E-state index contributed by atoms with van der Waals surface area (Å²) < 4.78 is 0. The van der Waals surface area contributed by atoms with Crippen LogP contribution in [0.5, 0.6) is 0 Å². The minimum Gasteiger partial charge on any atom is -0.385 e. The largest absolute Gasteiger partial charge is 0.385 e. The highest BCUT2D eigenvalue weighted by Crippen LogP contribution is 2.38. The third-order valence-corrected chi connectivity index (χ3v) is 3.94. The predicted molar refractivity (Wildman–Crippen MR) is 67.6 cm³/mol. The molecule has 0 aliphatic heterocycles. The summed E-state index contributed by atoms with van der Waals surface area (Å²) in [4.78, 5) is 0. The quantitative estimate of drug-likeness (QED) is 0.730. The van der Waals surface area contributed by atoms with Crippen LogP contribution in [0, 0.1) is 5.92 Å². The Labute approximate surface area is 102 Å². The van der Waals surface area contributed by atoms with E-state index in [1.165, 1.54) is 6.42 Å². The van der Waals surface area contributed by atoms with Crippen LogP contribution in [-0.4, -0.2) is 5.11 Å². The Hall–Kier alpha value is -0.530. The standard InChI is InChI=1S/C14H19ClO/c1-11-4-3-8-14(16,9-7-11)12-5-2-6-13(15)10-12/h2,5-6,10-11,16H,3-4,7-9H2,1H3. The number of rotatable bonds is 1. The van der Waals surface area contributed by atoms with E-state index in [0.29, 0.717) is 5.02 Å². The van der Waals surface area contributed by atoms with Crippen molar-refractivity contribution in [3.05, 3.63) is 34.9 Å². The third-order valence-electron chi connectivity index (χ3n) is 3.70. The van der Waals surface area contributed by atoms with E-state index in [-0.39, 0.29) is 0 Å². The number of halogens is 1. The lowest BCUT2D eigenvalue weighted by atomic mass is 9.86. The monoisotopic (exact) mass is 238 g/mol. The average Bonchev–Trinajstić information content (AvgIpc) is 2.42. The fourth-order valence-corrected chi connectivity index (χ4v) is 2.75. The van der Waals surface area contributed by atoms with Crippen molar-refractivity contribution in [1.29, 1.82) is 0 Å². The molecule has 88 valence electrons. The van der Waals surface area contributed by atoms with Gasteiger partial charge in [-0.2, -0.15) is 0 Å². The Kier molecular flexibility index (Phi) is 3.56. The van der Waals surface area contributed by atoms with E-state index in [2.05, 4.69) is 6.92 Å². The highest BCUT2D eigenvalue weighted by molar-refractivity contribution is 6.30. The fourth-order valence-electron chi connectivity index (χ4n) is 2.56. The van der Waals surface area contributed by atoms with Crippen LogP contribution in [0.15, 0.2) is 24.3 Å². The van der Waals surface area contributed by atoms with Gasteiger partial charge in [0.2, 0.25) is 0 Å². The van der Waals surface area contributed by atoms with Gasteiger partial charge >= 0.3 is 0 Å². The molecule has 1 aliphatic carbocycles. The van der Waals surface area contributed by atoms with E-state index in [1.54, 1.807) is 0 Å². The lowest BCUT2D eigenvalue weighted by Gasteiger charge is -2.27. The molecule has 1 N–H and O–H groups in total. The van der Waals surface area contributed by atoms with Crippen LogP contribution < -0.4 is 0 Å². The van der Waals surface area contributed by atoms with Crippen molar-refractivity contribution in [2.45, 2.75) is 44.6 Å². The Bertz CT molecular complexity index is 364. The van der Waals surface area contributed by atoms with Crippen molar-refractivity contribution in [2.75, 3.05) is 0 Å². The number of hydrogen-bond donors (Lipinski definition) is 1. The number of benzene rings is 1. The molecule has 2 unspecified atom stereocenters. The topological polar surface area (TPSA) is 20.2 Å². The summed E-state index contributed by atoms with van der Waals surface area (Å²) >= 11 is 5.98. The van der Waals surface area contributed by atoms with Gasteiger partial charge in [-0.25, -0.2) is 0 Å². The first-order chi connectivity index (χ1) is 7.60. The zero-order valence-electron chi connectivity index (χ0n) is 9.75. The molecule has 0 heterocycles. The Morgan fingerprint density at radius 3 is 2.88 bits per heavy atom. The van der Waals surface area contributed by atoms with Crippen LogP contribution in [0.3, 0.4) is 0 Å². The van der Waals surface area contributed by atoms with Gasteiger partial charge in [-0.15, -0.1) is 0 Å². The van der Waals surface area contributed by atoms with Crippen molar-refractivity contribution in [1.82, 2.24) is 0 Å². The Morgan fingerprint density at radius 1 is 1.31 bits per heavy atom. The zero-order valence-corrected chi connectivity index (χ0v) is 10.5. The average molecular weight is 239 g/mol. The summed E-state index contributed by atoms with van der Waals surface area (Å²) in [7, 11) is 0. The molecule has 16 heavy (non-hydrogen) atoms. The molecule has 2 heteroatoms. The maximum atomic E-state index is 10.7. The molecular formula is C14H19ClO. The van der Waals surface area contributed by atoms with Gasteiger partial charge in [0, 0.05) is 5.02 Å². The van der Waals surface area contributed by atoms with Crippen molar-refractivity contribution >= 4 is 11.6 Å². The van der Waals surface area contributed by atoms with Crippen LogP contribution in [0.4, 0.5) is 0 Å². The lowest BCUT2D eigenvalue weighted by molar-refractivity contribution is 0.0198. The maximum absolute atomic E-state index is 10.7. The van der Waals surface area contributed by atoms with Gasteiger partial charge < -0.3 is 5.11 Å². The first-order valence-electron chi connectivity index (χ1n) is 6.08. The van der Waals surface area contributed by atoms with Crippen molar-refractivity contribution in [3.8, 4) is 0 Å². The van der Waals surface area contributed by atoms with Crippen molar-refractivity contribution in [3.63, 3.8) is 0 Å². The molecule has 1 aromatic rings. The van der Waals surface area contributed by atoms with Gasteiger partial charge in [-0.05, 0) is 49.3 Å². The second kappa shape index (κ2) is 4.77. The van der Waals surface area contributed by atoms with Crippen molar-refractivity contribution in [2.24, 2.45) is 5.92 Å². The highest BCUT2D eigenvalue weighted by atomic mass is 35.5. The van der Waals surface area contributed by atoms with Gasteiger partial charge in [0.1, 0.15) is 0 Å². The van der Waals surface area contributed by atoms with E-state index in [4.69, 9.17) is 11.6 Å². The molecular weight excluding hydrogens is 220 g/mol. The summed E-state index contributed by atoms with van der Waals surface area (Å²) in [6, 6.07) is 7.66. The van der Waals surface area contributed by atoms with Gasteiger partial charge in [0.15, 0.2) is 0 Å². The molecule has 0 radical (unpaired) electrons. The Morgan fingerprint density at radius 2 is 2.12 bits per heavy atom. The predicted octanol–water partition coefficient (Wildman–Crippen LogP) is 4.13. The minimum atomic E-state index is -0.657. The molecule has 0 bridgehead atoms. The zero-order chi connectivity index (χ0) is 11.6. The molecule has 1 aromatic carbocycles. The van der Waals surface area contributed by atoms with Crippen LogP contribution >= 0.6 is 11.6 Å². The lowest BCUT2D eigenvalue weighted by Crippen LogP contribution is -2.24. The molecule has 0 spiro atoms. The van der Waals surface area contributed by atoms with E-state index >= 15 is 0 Å². The summed E-state index contributed by atoms with van der Waals surface area (Å²) in [6.45, 7) is 2.27. The van der Waals surface area contributed by atoms with Crippen LogP contribution in [0.2, 0.25) is 5.02 Å². The van der Waals surface area contributed by atoms with E-state index in [0.717, 1.165) is 37.2 Å². The van der Waals surface area contributed by atoms with Gasteiger partial charge in [0.25, 0.3) is 0 Å². The molecule has 0 aromatic heterocycles. The number of hydrogen-bond acceptors (Lipinski definition) is 1. The minimum absolute atomic E-state index is 0.657. The fraction of sp³-hybridized carbons (Fsp3) is 0.571. The van der Waals surface area contributed by atoms with Crippen LogP contribution in [-0.2, 0) is 5.60 Å². The molecule has 2 rings (SSSR count). The van der Waals surface area contributed by atoms with E-state index in [9.17, 15) is 5.11 Å². The number of aliphatic hydroxyl groups is 1. The molecule has 1 fully saturated rings. The molecule has 0 saturated heterocycles. The Balaban J connectivity index is 2.23. The molecule has 0 amide bonds. The molecule has 1 aliphatic rings. The normalized spacial score (nSPS) is 31.1. The molecule has 1 nitrogen and oxygen atoms in total. The summed E-state index contributed by atoms with van der Waals surface area (Å²) in [5, 5.41) is 11.4. The first-order valence-corrected chi connectivity index (χ1v) is 6.46. The van der Waals surface area contributed by atoms with Gasteiger partial charge in [-0.3, -0.25) is 0 Å². The van der Waals surface area contributed by atoms with E-state index in [1.807, 2.05) is 24.3 Å². The van der Waals surface area contributed by atoms with Crippen LogP contribution in [0.25, 0.3) is 0 Å². The van der Waals surface area contributed by atoms with Gasteiger partial charge in [0.05, 0.1) is 5.60 Å².